The van der Waals surface area contributed by atoms with Gasteiger partial charge < -0.3 is 14.2 Å². The Morgan fingerprint density at radius 2 is 1.44 bits per heavy atom. The predicted octanol–water partition coefficient (Wildman–Crippen LogP) is 4.37. The second kappa shape index (κ2) is 11.1. The molecule has 4 heteroatoms. The number of ether oxygens (including phenoxy) is 3. The summed E-state index contributed by atoms with van der Waals surface area (Å²) in [7, 11) is 0. The second-order valence-corrected chi connectivity index (χ2v) is 6.51. The first kappa shape index (κ1) is 20.5. The highest BCUT2D eigenvalue weighted by atomic mass is 16.5. The standard InChI is InChI=1S/C23H26O4/c1-4-14-26-21-9-5-19(6-10-21)23(24)20-7-11-22(12-8-20)27-17-16-25-15-13-18(2)3/h1,5-12,18H,13-17H2,2-3H3. The summed E-state index contributed by atoms with van der Waals surface area (Å²) >= 11 is 0. The molecule has 0 spiro atoms. The van der Waals surface area contributed by atoms with Gasteiger partial charge in [0.15, 0.2) is 5.78 Å². The maximum atomic E-state index is 12.5. The van der Waals surface area contributed by atoms with Crippen molar-refractivity contribution in [3.8, 4) is 23.8 Å². The lowest BCUT2D eigenvalue weighted by Crippen LogP contribution is -2.08. The molecule has 142 valence electrons. The normalized spacial score (nSPS) is 10.4. The van der Waals surface area contributed by atoms with E-state index in [0.717, 1.165) is 18.8 Å². The number of terminal acetylenes is 1. The van der Waals surface area contributed by atoms with Crippen LogP contribution in [0.3, 0.4) is 0 Å². The Kier molecular flexibility index (Phi) is 8.41. The lowest BCUT2D eigenvalue weighted by molar-refractivity contribution is 0.0925. The molecule has 4 nitrogen and oxygen atoms in total. The van der Waals surface area contributed by atoms with Gasteiger partial charge in [-0.2, -0.15) is 0 Å². The van der Waals surface area contributed by atoms with Gasteiger partial charge in [-0.25, -0.2) is 0 Å². The second-order valence-electron chi connectivity index (χ2n) is 6.51. The predicted molar refractivity (Wildman–Crippen MR) is 106 cm³/mol. The van der Waals surface area contributed by atoms with Gasteiger partial charge in [0.25, 0.3) is 0 Å². The zero-order chi connectivity index (χ0) is 19.5. The molecule has 0 aliphatic rings. The van der Waals surface area contributed by atoms with E-state index in [1.54, 1.807) is 48.5 Å². The van der Waals surface area contributed by atoms with Gasteiger partial charge in [0.2, 0.25) is 0 Å². The van der Waals surface area contributed by atoms with Gasteiger partial charge in [0, 0.05) is 17.7 Å². The first-order chi connectivity index (χ1) is 13.1. The molecule has 0 radical (unpaired) electrons. The summed E-state index contributed by atoms with van der Waals surface area (Å²) in [5.74, 6) is 4.35. The van der Waals surface area contributed by atoms with E-state index >= 15 is 0 Å². The minimum atomic E-state index is -0.0536. The van der Waals surface area contributed by atoms with Crippen molar-refractivity contribution >= 4 is 5.78 Å². The molecule has 27 heavy (non-hydrogen) atoms. The third-order valence-corrected chi connectivity index (χ3v) is 3.89. The molecular formula is C23H26O4. The molecule has 0 aliphatic carbocycles. The fraction of sp³-hybridized carbons (Fsp3) is 0.348. The van der Waals surface area contributed by atoms with Crippen molar-refractivity contribution in [2.45, 2.75) is 20.3 Å². The topological polar surface area (TPSA) is 44.8 Å². The Bertz CT molecular complexity index is 739. The monoisotopic (exact) mass is 366 g/mol. The van der Waals surface area contributed by atoms with Crippen LogP contribution in [-0.4, -0.2) is 32.2 Å². The molecule has 0 heterocycles. The highest BCUT2D eigenvalue weighted by Gasteiger charge is 2.09. The quantitative estimate of drug-likeness (QED) is 0.336. The molecule has 0 aliphatic heterocycles. The molecular weight excluding hydrogens is 340 g/mol. The van der Waals surface area contributed by atoms with Crippen LogP contribution in [0.5, 0.6) is 11.5 Å². The van der Waals surface area contributed by atoms with E-state index in [9.17, 15) is 4.79 Å². The molecule has 0 N–H and O–H groups in total. The SMILES string of the molecule is C#CCOc1ccc(C(=O)c2ccc(OCCOCCC(C)C)cc2)cc1. The summed E-state index contributed by atoms with van der Waals surface area (Å²) in [6, 6.07) is 14.1. The number of benzene rings is 2. The van der Waals surface area contributed by atoms with Gasteiger partial charge in [-0.1, -0.05) is 19.8 Å². The lowest BCUT2D eigenvalue weighted by Gasteiger charge is -2.09. The minimum Gasteiger partial charge on any atom is -0.491 e. The van der Waals surface area contributed by atoms with E-state index < -0.39 is 0 Å². The zero-order valence-corrected chi connectivity index (χ0v) is 15.9. The fourth-order valence-corrected chi connectivity index (χ4v) is 2.34. The number of hydrogen-bond donors (Lipinski definition) is 0. The summed E-state index contributed by atoms with van der Waals surface area (Å²) in [6.45, 7) is 6.35. The van der Waals surface area contributed by atoms with Crippen LogP contribution in [0.1, 0.15) is 36.2 Å². The Morgan fingerprint density at radius 1 is 0.889 bits per heavy atom. The highest BCUT2D eigenvalue weighted by Crippen LogP contribution is 2.18. The smallest absolute Gasteiger partial charge is 0.193 e. The van der Waals surface area contributed by atoms with Gasteiger partial charge in [0.05, 0.1) is 6.61 Å². The molecule has 0 atom stereocenters. The summed E-state index contributed by atoms with van der Waals surface area (Å²) in [6.07, 6.45) is 6.21. The average Bonchev–Trinajstić information content (AvgIpc) is 2.69. The largest absolute Gasteiger partial charge is 0.491 e. The lowest BCUT2D eigenvalue weighted by atomic mass is 10.0. The molecule has 2 aromatic rings. The van der Waals surface area contributed by atoms with Crippen LogP contribution in [0.4, 0.5) is 0 Å². The van der Waals surface area contributed by atoms with Crippen LogP contribution in [-0.2, 0) is 4.74 Å². The van der Waals surface area contributed by atoms with Crippen molar-refractivity contribution in [2.75, 3.05) is 26.4 Å². The van der Waals surface area contributed by atoms with Gasteiger partial charge in [0.1, 0.15) is 24.7 Å². The molecule has 0 saturated heterocycles. The number of rotatable bonds is 11. The highest BCUT2D eigenvalue weighted by molar-refractivity contribution is 6.09. The van der Waals surface area contributed by atoms with Gasteiger partial charge in [-0.3, -0.25) is 4.79 Å². The Balaban J connectivity index is 1.81. The van der Waals surface area contributed by atoms with Gasteiger partial charge in [-0.05, 0) is 60.9 Å². The van der Waals surface area contributed by atoms with E-state index in [2.05, 4.69) is 19.8 Å². The van der Waals surface area contributed by atoms with Crippen LogP contribution < -0.4 is 9.47 Å². The van der Waals surface area contributed by atoms with Crippen LogP contribution >= 0.6 is 0 Å². The van der Waals surface area contributed by atoms with Crippen LogP contribution in [0.2, 0.25) is 0 Å². The van der Waals surface area contributed by atoms with Crippen LogP contribution in [0, 0.1) is 18.3 Å². The number of carbonyl (C=O) groups excluding carboxylic acids is 1. The average molecular weight is 366 g/mol. The Morgan fingerprint density at radius 3 is 1.96 bits per heavy atom. The van der Waals surface area contributed by atoms with Crippen molar-refractivity contribution in [2.24, 2.45) is 5.92 Å². The molecule has 0 unspecified atom stereocenters. The maximum absolute atomic E-state index is 12.5. The molecule has 2 aromatic carbocycles. The summed E-state index contributed by atoms with van der Waals surface area (Å²) in [5, 5.41) is 0. The summed E-state index contributed by atoms with van der Waals surface area (Å²) < 4.78 is 16.5. The van der Waals surface area contributed by atoms with E-state index in [0.29, 0.717) is 36.0 Å². The third kappa shape index (κ3) is 7.16. The van der Waals surface area contributed by atoms with E-state index in [-0.39, 0.29) is 12.4 Å². The third-order valence-electron chi connectivity index (χ3n) is 3.89. The Labute approximate surface area is 161 Å². The molecule has 0 aromatic heterocycles. The summed E-state index contributed by atoms with van der Waals surface area (Å²) in [4.78, 5) is 12.5. The summed E-state index contributed by atoms with van der Waals surface area (Å²) in [5.41, 5.74) is 1.20. The molecule has 0 saturated carbocycles. The van der Waals surface area contributed by atoms with E-state index in [1.807, 2.05) is 0 Å². The molecule has 0 fully saturated rings. The number of ketones is 1. The molecule has 2 rings (SSSR count). The minimum absolute atomic E-state index is 0.0536. The van der Waals surface area contributed by atoms with Crippen molar-refractivity contribution in [1.82, 2.24) is 0 Å². The number of hydrogen-bond acceptors (Lipinski definition) is 4. The van der Waals surface area contributed by atoms with Crippen molar-refractivity contribution in [1.29, 1.82) is 0 Å². The maximum Gasteiger partial charge on any atom is 0.193 e. The van der Waals surface area contributed by atoms with Crippen molar-refractivity contribution in [3.05, 3.63) is 59.7 Å². The van der Waals surface area contributed by atoms with E-state index in [1.165, 1.54) is 0 Å². The molecule has 0 amide bonds. The van der Waals surface area contributed by atoms with Crippen molar-refractivity contribution < 1.29 is 19.0 Å². The zero-order valence-electron chi connectivity index (χ0n) is 15.9. The molecule has 0 bridgehead atoms. The first-order valence-corrected chi connectivity index (χ1v) is 9.11. The number of carbonyl (C=O) groups is 1. The van der Waals surface area contributed by atoms with Gasteiger partial charge in [-0.15, -0.1) is 6.42 Å². The van der Waals surface area contributed by atoms with Crippen LogP contribution in [0.25, 0.3) is 0 Å². The van der Waals surface area contributed by atoms with Crippen LogP contribution in [0.15, 0.2) is 48.5 Å². The Hall–Kier alpha value is -2.77. The first-order valence-electron chi connectivity index (χ1n) is 9.11. The van der Waals surface area contributed by atoms with E-state index in [4.69, 9.17) is 20.6 Å². The van der Waals surface area contributed by atoms with Crippen molar-refractivity contribution in [3.63, 3.8) is 0 Å². The fourth-order valence-electron chi connectivity index (χ4n) is 2.34. The van der Waals surface area contributed by atoms with Gasteiger partial charge >= 0.3 is 0 Å².